The van der Waals surface area contributed by atoms with Gasteiger partial charge in [-0.25, -0.2) is 4.98 Å². The Labute approximate surface area is 217 Å². The number of hydrogen-bond acceptors (Lipinski definition) is 7. The summed E-state index contributed by atoms with van der Waals surface area (Å²) in [4.78, 5) is 44.7. The summed E-state index contributed by atoms with van der Waals surface area (Å²) in [7, 11) is 0. The van der Waals surface area contributed by atoms with Crippen LogP contribution in [-0.2, 0) is 11.3 Å². The quantitative estimate of drug-likeness (QED) is 0.299. The Hall–Kier alpha value is -4.70. The molecule has 4 rings (SSSR count). The molecule has 0 saturated heterocycles. The van der Waals surface area contributed by atoms with Gasteiger partial charge in [0.05, 0.1) is 12.7 Å². The van der Waals surface area contributed by atoms with Crippen molar-refractivity contribution < 1.29 is 14.3 Å². The first-order valence-corrected chi connectivity index (χ1v) is 11.6. The van der Waals surface area contributed by atoms with Crippen LogP contribution in [0, 0.1) is 0 Å². The number of pyridine rings is 1. The third-order valence-electron chi connectivity index (χ3n) is 5.23. The number of aromatic nitrogens is 3. The Morgan fingerprint density at radius 2 is 1.76 bits per heavy atom. The predicted octanol–water partition coefficient (Wildman–Crippen LogP) is 4.32. The molecule has 10 nitrogen and oxygen atoms in total. The number of hydrogen-bond donors (Lipinski definition) is 3. The van der Waals surface area contributed by atoms with E-state index in [0.717, 1.165) is 5.56 Å². The van der Waals surface area contributed by atoms with Gasteiger partial charge < -0.3 is 21.1 Å². The molecule has 0 spiro atoms. The van der Waals surface area contributed by atoms with E-state index in [1.807, 2.05) is 12.1 Å². The second kappa shape index (κ2) is 11.4. The van der Waals surface area contributed by atoms with Gasteiger partial charge in [-0.05, 0) is 48.0 Å². The number of benzene rings is 2. The third-order valence-corrected chi connectivity index (χ3v) is 5.48. The topological polar surface area (TPSA) is 141 Å². The summed E-state index contributed by atoms with van der Waals surface area (Å²) in [6.07, 6.45) is 2.99. The SMILES string of the molecule is CCC(=O)Nc1cnc(Nc2ccc(Oc3ccnc(C(N)=O)c3)cc2)n(Cc2ccc(Cl)cc2)c1=O. The number of anilines is 3. The molecule has 0 aliphatic rings. The number of rotatable bonds is 9. The van der Waals surface area contributed by atoms with E-state index in [2.05, 4.69) is 20.6 Å². The molecule has 4 aromatic rings. The Balaban J connectivity index is 1.58. The minimum atomic E-state index is -0.651. The van der Waals surface area contributed by atoms with Crippen LogP contribution >= 0.6 is 11.6 Å². The van der Waals surface area contributed by atoms with Gasteiger partial charge in [-0.1, -0.05) is 30.7 Å². The van der Waals surface area contributed by atoms with Crippen LogP contribution in [0.3, 0.4) is 0 Å². The number of nitrogens with one attached hydrogen (secondary N) is 2. The van der Waals surface area contributed by atoms with E-state index in [9.17, 15) is 14.4 Å². The highest BCUT2D eigenvalue weighted by Crippen LogP contribution is 2.24. The molecule has 0 unspecified atom stereocenters. The summed E-state index contributed by atoms with van der Waals surface area (Å²) in [5.41, 5.74) is 6.51. The molecule has 0 fully saturated rings. The van der Waals surface area contributed by atoms with E-state index in [0.29, 0.717) is 22.2 Å². The van der Waals surface area contributed by atoms with Crippen molar-refractivity contribution in [1.29, 1.82) is 0 Å². The fourth-order valence-electron chi connectivity index (χ4n) is 3.32. The van der Waals surface area contributed by atoms with Crippen molar-refractivity contribution in [3.8, 4) is 11.5 Å². The monoisotopic (exact) mass is 518 g/mol. The maximum atomic E-state index is 13.2. The molecule has 4 N–H and O–H groups in total. The number of carbonyl (C=O) groups excluding carboxylic acids is 2. The number of nitrogens with zero attached hydrogens (tertiary/aromatic N) is 3. The summed E-state index contributed by atoms with van der Waals surface area (Å²) >= 11 is 5.99. The molecule has 2 aromatic carbocycles. The number of ether oxygens (including phenoxy) is 1. The van der Waals surface area contributed by atoms with Crippen molar-refractivity contribution in [3.05, 3.63) is 99.7 Å². The zero-order valence-electron chi connectivity index (χ0n) is 19.8. The van der Waals surface area contributed by atoms with E-state index in [4.69, 9.17) is 22.1 Å². The van der Waals surface area contributed by atoms with Crippen molar-refractivity contribution in [2.75, 3.05) is 10.6 Å². The smallest absolute Gasteiger partial charge is 0.279 e. The third kappa shape index (κ3) is 6.50. The molecule has 0 bridgehead atoms. The molecular formula is C26H23ClN6O4. The molecule has 0 aliphatic carbocycles. The lowest BCUT2D eigenvalue weighted by Gasteiger charge is -2.16. The number of halogens is 1. The highest BCUT2D eigenvalue weighted by atomic mass is 35.5. The molecular weight excluding hydrogens is 496 g/mol. The maximum absolute atomic E-state index is 13.2. The molecule has 2 aromatic heterocycles. The minimum Gasteiger partial charge on any atom is -0.457 e. The fourth-order valence-corrected chi connectivity index (χ4v) is 3.44. The molecule has 11 heteroatoms. The van der Waals surface area contributed by atoms with Crippen LogP contribution in [0.15, 0.2) is 77.9 Å². The van der Waals surface area contributed by atoms with Crippen LogP contribution in [0.4, 0.5) is 17.3 Å². The molecule has 0 aliphatic heterocycles. The molecule has 0 saturated carbocycles. The second-order valence-electron chi connectivity index (χ2n) is 7.91. The van der Waals surface area contributed by atoms with Gasteiger partial charge in [0.1, 0.15) is 22.9 Å². The van der Waals surface area contributed by atoms with E-state index in [-0.39, 0.29) is 36.2 Å². The summed E-state index contributed by atoms with van der Waals surface area (Å²) < 4.78 is 7.20. The summed E-state index contributed by atoms with van der Waals surface area (Å²) in [6, 6.07) is 17.1. The van der Waals surface area contributed by atoms with Gasteiger partial charge in [0.2, 0.25) is 11.9 Å². The molecule has 37 heavy (non-hydrogen) atoms. The Morgan fingerprint density at radius 3 is 2.43 bits per heavy atom. The molecule has 2 amide bonds. The zero-order valence-corrected chi connectivity index (χ0v) is 20.5. The van der Waals surface area contributed by atoms with E-state index in [1.54, 1.807) is 49.4 Å². The van der Waals surface area contributed by atoms with Crippen molar-refractivity contribution in [2.24, 2.45) is 5.73 Å². The molecule has 2 heterocycles. The lowest BCUT2D eigenvalue weighted by Crippen LogP contribution is -2.28. The van der Waals surface area contributed by atoms with E-state index >= 15 is 0 Å². The Morgan fingerprint density at radius 1 is 1.03 bits per heavy atom. The van der Waals surface area contributed by atoms with E-state index < -0.39 is 11.5 Å². The van der Waals surface area contributed by atoms with Gasteiger partial charge in [-0.15, -0.1) is 0 Å². The minimum absolute atomic E-state index is 0.0859. The number of primary amides is 1. The average molecular weight is 519 g/mol. The molecule has 0 radical (unpaired) electrons. The first-order chi connectivity index (χ1) is 17.8. The largest absolute Gasteiger partial charge is 0.457 e. The van der Waals surface area contributed by atoms with Crippen LogP contribution in [0.25, 0.3) is 0 Å². The van der Waals surface area contributed by atoms with Crippen LogP contribution < -0.4 is 26.7 Å². The van der Waals surface area contributed by atoms with Crippen molar-refractivity contribution >= 4 is 40.7 Å². The normalized spacial score (nSPS) is 10.5. The lowest BCUT2D eigenvalue weighted by molar-refractivity contribution is -0.115. The van der Waals surface area contributed by atoms with Gasteiger partial charge in [0.25, 0.3) is 11.5 Å². The standard InChI is InChI=1S/C26H23ClN6O4/c1-2-23(34)32-22-14-30-26(33(25(22)36)15-16-3-5-17(27)6-4-16)31-18-7-9-19(10-8-18)37-20-11-12-29-21(13-20)24(28)35/h3-14H,2,15H2,1H3,(H2,28,35)(H,30,31)(H,32,34). The average Bonchev–Trinajstić information content (AvgIpc) is 2.90. The highest BCUT2D eigenvalue weighted by molar-refractivity contribution is 6.30. The number of carbonyl (C=O) groups is 2. The molecule has 0 atom stereocenters. The second-order valence-corrected chi connectivity index (χ2v) is 8.34. The van der Waals surface area contributed by atoms with Crippen LogP contribution in [0.2, 0.25) is 5.02 Å². The van der Waals surface area contributed by atoms with Gasteiger partial charge in [0, 0.05) is 29.4 Å². The van der Waals surface area contributed by atoms with Crippen molar-refractivity contribution in [2.45, 2.75) is 19.9 Å². The Kier molecular flexibility index (Phi) is 7.80. The van der Waals surface area contributed by atoms with Gasteiger partial charge in [-0.3, -0.25) is 23.9 Å². The van der Waals surface area contributed by atoms with Crippen LogP contribution in [0.1, 0.15) is 29.4 Å². The van der Waals surface area contributed by atoms with Gasteiger partial charge >= 0.3 is 0 Å². The van der Waals surface area contributed by atoms with Crippen LogP contribution in [0.5, 0.6) is 11.5 Å². The molecule has 188 valence electrons. The van der Waals surface area contributed by atoms with Gasteiger partial charge in [0.15, 0.2) is 0 Å². The number of amides is 2. The first-order valence-electron chi connectivity index (χ1n) is 11.3. The Bertz CT molecular complexity index is 1490. The summed E-state index contributed by atoms with van der Waals surface area (Å²) in [6.45, 7) is 1.90. The zero-order chi connectivity index (χ0) is 26.4. The number of nitrogens with two attached hydrogens (primary N) is 1. The first kappa shape index (κ1) is 25.4. The summed E-state index contributed by atoms with van der Waals surface area (Å²) in [5.74, 6) is 0.264. The summed E-state index contributed by atoms with van der Waals surface area (Å²) in [5, 5.41) is 6.32. The predicted molar refractivity (Wildman–Crippen MR) is 141 cm³/mol. The van der Waals surface area contributed by atoms with Crippen molar-refractivity contribution in [3.63, 3.8) is 0 Å². The highest BCUT2D eigenvalue weighted by Gasteiger charge is 2.14. The van der Waals surface area contributed by atoms with E-state index in [1.165, 1.54) is 23.0 Å². The van der Waals surface area contributed by atoms with Crippen molar-refractivity contribution in [1.82, 2.24) is 14.5 Å². The lowest BCUT2D eigenvalue weighted by atomic mass is 10.2. The maximum Gasteiger partial charge on any atom is 0.279 e. The fraction of sp³-hybridized carbons (Fsp3) is 0.115. The van der Waals surface area contributed by atoms with Gasteiger partial charge in [-0.2, -0.15) is 0 Å². The van der Waals surface area contributed by atoms with Crippen LogP contribution in [-0.4, -0.2) is 26.3 Å².